The van der Waals surface area contributed by atoms with Crippen molar-refractivity contribution >= 4 is 12.0 Å². The van der Waals surface area contributed by atoms with Gasteiger partial charge in [-0.2, -0.15) is 0 Å². The first kappa shape index (κ1) is 28.2. The molecule has 2 atom stereocenters. The fourth-order valence-corrected chi connectivity index (χ4v) is 6.65. The van der Waals surface area contributed by atoms with Crippen LogP contribution in [0.5, 0.6) is 0 Å². The van der Waals surface area contributed by atoms with Crippen molar-refractivity contribution in [2.24, 2.45) is 11.3 Å². The molecule has 2 aliphatic carbocycles. The second-order valence-corrected chi connectivity index (χ2v) is 13.7. The Bertz CT molecular complexity index is 1080. The Labute approximate surface area is 228 Å². The summed E-state index contributed by atoms with van der Waals surface area (Å²) in [4.78, 5) is 30.2. The number of carbonyl (C=O) groups excluding carboxylic acids is 2. The maximum absolute atomic E-state index is 13.8. The number of likely N-dealkylation sites (tertiary alicyclic amines) is 2. The largest absolute Gasteiger partial charge is 0.444 e. The first-order valence-corrected chi connectivity index (χ1v) is 14.3. The number of aliphatic hydroxyl groups excluding tert-OH is 1. The smallest absolute Gasteiger partial charge is 0.410 e. The van der Waals surface area contributed by atoms with E-state index in [9.17, 15) is 23.5 Å². The minimum Gasteiger partial charge on any atom is -0.444 e. The predicted octanol–water partition coefficient (Wildman–Crippen LogP) is 4.64. The zero-order valence-electron chi connectivity index (χ0n) is 23.7. The lowest BCUT2D eigenvalue weighted by Crippen LogP contribution is -2.69. The summed E-state index contributed by atoms with van der Waals surface area (Å²) in [5.41, 5.74) is -1.63. The van der Waals surface area contributed by atoms with Gasteiger partial charge in [0.05, 0.1) is 11.5 Å². The van der Waals surface area contributed by atoms with Crippen LogP contribution in [-0.2, 0) is 14.9 Å². The minimum atomic E-state index is -2.63. The van der Waals surface area contributed by atoms with E-state index in [4.69, 9.17) is 9.15 Å². The zero-order chi connectivity index (χ0) is 28.4. The molecule has 4 aliphatic rings. The summed E-state index contributed by atoms with van der Waals surface area (Å²) in [6, 6.07) is -0.812. The van der Waals surface area contributed by atoms with Gasteiger partial charge in [0.2, 0.25) is 23.6 Å². The fourth-order valence-electron chi connectivity index (χ4n) is 6.65. The lowest BCUT2D eigenvalue weighted by atomic mass is 9.61. The summed E-state index contributed by atoms with van der Waals surface area (Å²) in [5.74, 6) is -2.15. The Morgan fingerprint density at radius 2 is 1.72 bits per heavy atom. The molecule has 0 unspecified atom stereocenters. The van der Waals surface area contributed by atoms with Gasteiger partial charge >= 0.3 is 6.09 Å². The molecule has 2 saturated heterocycles. The first-order valence-electron chi connectivity index (χ1n) is 14.3. The molecule has 0 aromatic carbocycles. The lowest BCUT2D eigenvalue weighted by molar-refractivity contribution is -0.160. The molecule has 2 aliphatic heterocycles. The normalized spacial score (nSPS) is 28.2. The molecule has 2 amide bonds. The summed E-state index contributed by atoms with van der Waals surface area (Å²) in [6.45, 7) is 10.4. The Kier molecular flexibility index (Phi) is 7.00. The molecule has 39 heavy (non-hydrogen) atoms. The van der Waals surface area contributed by atoms with Crippen LogP contribution in [0.25, 0.3) is 0 Å². The summed E-state index contributed by atoms with van der Waals surface area (Å²) in [7, 11) is 0. The second kappa shape index (κ2) is 9.66. The number of ether oxygens (including phenoxy) is 1. The first-order chi connectivity index (χ1) is 18.1. The molecule has 1 N–H and O–H groups in total. The average Bonchev–Trinajstić information content (AvgIpc) is 3.25. The van der Waals surface area contributed by atoms with E-state index in [-0.39, 0.29) is 42.4 Å². The van der Waals surface area contributed by atoms with Gasteiger partial charge in [0, 0.05) is 50.2 Å². The van der Waals surface area contributed by atoms with Crippen molar-refractivity contribution in [2.75, 3.05) is 19.6 Å². The maximum atomic E-state index is 13.8. The number of nitrogens with zero attached hydrogens (tertiary/aromatic N) is 4. The number of aliphatic hydroxyl groups is 1. The van der Waals surface area contributed by atoms with Crippen molar-refractivity contribution in [3.8, 4) is 0 Å². The van der Waals surface area contributed by atoms with Crippen LogP contribution in [0.2, 0.25) is 0 Å². The van der Waals surface area contributed by atoms with E-state index in [1.54, 1.807) is 25.7 Å². The summed E-state index contributed by atoms with van der Waals surface area (Å²) < 4.78 is 39.0. The van der Waals surface area contributed by atoms with Crippen molar-refractivity contribution < 1.29 is 32.6 Å². The monoisotopic (exact) mass is 552 g/mol. The molecule has 3 heterocycles. The number of hydrogen-bond donors (Lipinski definition) is 1. The van der Waals surface area contributed by atoms with E-state index in [0.717, 1.165) is 19.3 Å². The number of aromatic nitrogens is 2. The van der Waals surface area contributed by atoms with Crippen molar-refractivity contribution in [1.29, 1.82) is 0 Å². The molecule has 0 bridgehead atoms. The lowest BCUT2D eigenvalue weighted by Gasteiger charge is -2.56. The van der Waals surface area contributed by atoms with Crippen LogP contribution in [0.15, 0.2) is 4.42 Å². The van der Waals surface area contributed by atoms with Crippen molar-refractivity contribution in [3.05, 3.63) is 11.8 Å². The van der Waals surface area contributed by atoms with E-state index in [2.05, 4.69) is 10.2 Å². The summed E-state index contributed by atoms with van der Waals surface area (Å²) in [5, 5.41) is 19.5. The van der Waals surface area contributed by atoms with Gasteiger partial charge in [0.1, 0.15) is 11.6 Å². The molecule has 11 heteroatoms. The van der Waals surface area contributed by atoms with Crippen LogP contribution in [0.3, 0.4) is 0 Å². The van der Waals surface area contributed by atoms with Gasteiger partial charge in [0.25, 0.3) is 0 Å². The van der Waals surface area contributed by atoms with Crippen molar-refractivity contribution in [3.63, 3.8) is 0 Å². The van der Waals surface area contributed by atoms with Gasteiger partial charge in [0.15, 0.2) is 0 Å². The van der Waals surface area contributed by atoms with E-state index >= 15 is 0 Å². The molecule has 9 nitrogen and oxygen atoms in total. The Morgan fingerprint density at radius 3 is 2.26 bits per heavy atom. The van der Waals surface area contributed by atoms with Crippen LogP contribution in [0.4, 0.5) is 13.6 Å². The van der Waals surface area contributed by atoms with Gasteiger partial charge in [-0.25, -0.2) is 13.6 Å². The Balaban J connectivity index is 1.31. The Morgan fingerprint density at radius 1 is 1.08 bits per heavy atom. The molecular weight excluding hydrogens is 510 g/mol. The quantitative estimate of drug-likeness (QED) is 0.580. The van der Waals surface area contributed by atoms with Crippen LogP contribution in [0.1, 0.15) is 104 Å². The van der Waals surface area contributed by atoms with Crippen molar-refractivity contribution in [2.45, 2.75) is 121 Å². The summed E-state index contributed by atoms with van der Waals surface area (Å²) in [6.07, 6.45) is 1.88. The number of amides is 2. The van der Waals surface area contributed by atoms with Gasteiger partial charge in [-0.05, 0) is 52.4 Å². The summed E-state index contributed by atoms with van der Waals surface area (Å²) >= 11 is 0. The molecule has 1 aromatic rings. The van der Waals surface area contributed by atoms with Crippen molar-refractivity contribution in [1.82, 2.24) is 20.0 Å². The third-order valence-electron chi connectivity index (χ3n) is 9.57. The van der Waals surface area contributed by atoms with Crippen LogP contribution in [-0.4, -0.2) is 80.4 Å². The van der Waals surface area contributed by atoms with E-state index in [1.165, 1.54) is 4.90 Å². The van der Waals surface area contributed by atoms with E-state index < -0.39 is 35.2 Å². The van der Waals surface area contributed by atoms with Crippen LogP contribution >= 0.6 is 0 Å². The molecule has 218 valence electrons. The standard InChI is InChI=1S/C28H42F2N4O5/c1-17(2)27(23-32-31-21(38-23)18-7-11-28(29,30)12-8-18)15-33(16-27)22(36)19-13-20(35)26(9-6-10-26)14-34(19)24(37)39-25(3,4)5/h17-20,35H,6-16H2,1-5H3/t19-,20+/m0/s1. The van der Waals surface area contributed by atoms with Crippen LogP contribution < -0.4 is 0 Å². The molecular formula is C28H42F2N4O5. The third kappa shape index (κ3) is 5.15. The molecule has 4 fully saturated rings. The minimum absolute atomic E-state index is 0.0719. The maximum Gasteiger partial charge on any atom is 0.410 e. The molecule has 5 rings (SSSR count). The second-order valence-electron chi connectivity index (χ2n) is 13.7. The number of piperidine rings is 1. The Hall–Kier alpha value is -2.30. The zero-order valence-corrected chi connectivity index (χ0v) is 23.7. The molecule has 0 radical (unpaired) electrons. The molecule has 2 saturated carbocycles. The highest BCUT2D eigenvalue weighted by atomic mass is 19.3. The topological polar surface area (TPSA) is 109 Å². The number of rotatable bonds is 4. The SMILES string of the molecule is CC(C)C1(c2nnc(C3CCC(F)(F)CC3)o2)CN(C(=O)[C@@H]2C[C@@H](O)C3(CCC3)CN2C(=O)OC(C)(C)C)C1. The van der Waals surface area contributed by atoms with Gasteiger partial charge in [-0.15, -0.1) is 10.2 Å². The highest BCUT2D eigenvalue weighted by Gasteiger charge is 2.58. The van der Waals surface area contributed by atoms with E-state index in [1.807, 2.05) is 13.8 Å². The highest BCUT2D eigenvalue weighted by Crippen LogP contribution is 2.50. The average molecular weight is 553 g/mol. The molecule has 1 spiro atoms. The van der Waals surface area contributed by atoms with Crippen LogP contribution in [0, 0.1) is 11.3 Å². The molecule has 1 aromatic heterocycles. The number of hydrogen-bond acceptors (Lipinski definition) is 7. The third-order valence-corrected chi connectivity index (χ3v) is 9.57. The highest BCUT2D eigenvalue weighted by molar-refractivity contribution is 5.87. The van der Waals surface area contributed by atoms with Gasteiger partial charge < -0.3 is 19.2 Å². The number of halogens is 2. The van der Waals surface area contributed by atoms with Gasteiger partial charge in [-0.1, -0.05) is 20.3 Å². The number of carbonyl (C=O) groups is 2. The predicted molar refractivity (Wildman–Crippen MR) is 137 cm³/mol. The fraction of sp³-hybridized carbons (Fsp3) is 0.857. The number of alkyl halides is 2. The van der Waals surface area contributed by atoms with E-state index in [0.29, 0.717) is 44.3 Å². The van der Waals surface area contributed by atoms with Gasteiger partial charge in [-0.3, -0.25) is 9.69 Å².